The molecule has 1 saturated heterocycles. The monoisotopic (exact) mass is 414 g/mol. The minimum Gasteiger partial charge on any atom is -0.355 e. The Hall–Kier alpha value is -2.18. The Morgan fingerprint density at radius 1 is 1.36 bits per heavy atom. The van der Waals surface area contributed by atoms with Gasteiger partial charge in [0.25, 0.3) is 0 Å². The summed E-state index contributed by atoms with van der Waals surface area (Å²) in [5.41, 5.74) is 0.938. The molecule has 4 rings (SSSR count). The van der Waals surface area contributed by atoms with E-state index in [1.807, 2.05) is 24.3 Å². The van der Waals surface area contributed by atoms with Crippen molar-refractivity contribution >= 4 is 44.9 Å². The van der Waals surface area contributed by atoms with Crippen LogP contribution in [0.2, 0.25) is 5.02 Å². The molecule has 0 spiro atoms. The van der Waals surface area contributed by atoms with Crippen molar-refractivity contribution in [1.82, 2.24) is 15.3 Å². The van der Waals surface area contributed by atoms with Gasteiger partial charge in [-0.25, -0.2) is 9.97 Å². The predicted octanol–water partition coefficient (Wildman–Crippen LogP) is 4.44. The number of aromatic nitrogens is 2. The number of fused-ring (bicyclic) bond motifs is 1. The highest BCUT2D eigenvalue weighted by Gasteiger charge is 2.27. The molecule has 1 atom stereocenters. The molecule has 0 saturated carbocycles. The highest BCUT2D eigenvalue weighted by Crippen LogP contribution is 2.32. The Bertz CT molecular complexity index is 989. The van der Waals surface area contributed by atoms with Gasteiger partial charge in [0.05, 0.1) is 11.3 Å². The Morgan fingerprint density at radius 3 is 3.04 bits per heavy atom. The molecule has 0 aliphatic carbocycles. The third kappa shape index (κ3) is 3.98. The third-order valence-corrected chi connectivity index (χ3v) is 6.77. The lowest BCUT2D eigenvalue weighted by atomic mass is 9.97. The molecule has 0 radical (unpaired) electrons. The fourth-order valence-corrected chi connectivity index (χ4v) is 4.80. The number of hydrogen-bond acceptors (Lipinski definition) is 5. The van der Waals surface area contributed by atoms with E-state index in [9.17, 15) is 4.79 Å². The number of hydrogen-bond donors (Lipinski definition) is 1. The van der Waals surface area contributed by atoms with Gasteiger partial charge in [-0.2, -0.15) is 0 Å². The van der Waals surface area contributed by atoms with Gasteiger partial charge in [-0.1, -0.05) is 36.7 Å². The smallest absolute Gasteiger partial charge is 0.225 e. The van der Waals surface area contributed by atoms with E-state index in [4.69, 9.17) is 11.6 Å². The molecule has 1 aliphatic rings. The summed E-state index contributed by atoms with van der Waals surface area (Å²) in [5.74, 6) is 0.976. The molecule has 3 heterocycles. The molecule has 1 aliphatic heterocycles. The molecule has 1 amide bonds. The van der Waals surface area contributed by atoms with Gasteiger partial charge in [-0.15, -0.1) is 11.3 Å². The van der Waals surface area contributed by atoms with Gasteiger partial charge in [0.2, 0.25) is 5.91 Å². The zero-order valence-electron chi connectivity index (χ0n) is 15.8. The van der Waals surface area contributed by atoms with Crippen LogP contribution in [0.15, 0.2) is 36.7 Å². The minimum atomic E-state index is -0.0504. The van der Waals surface area contributed by atoms with Crippen LogP contribution in [-0.2, 0) is 17.8 Å². The number of anilines is 1. The average Bonchev–Trinajstić information content (AvgIpc) is 3.16. The summed E-state index contributed by atoms with van der Waals surface area (Å²) in [4.78, 5) is 26.3. The Kier molecular flexibility index (Phi) is 5.78. The van der Waals surface area contributed by atoms with Gasteiger partial charge >= 0.3 is 0 Å². The van der Waals surface area contributed by atoms with Crippen molar-refractivity contribution in [2.75, 3.05) is 18.0 Å². The number of aryl methyl sites for hydroxylation is 1. The number of amides is 1. The molecule has 7 heteroatoms. The number of rotatable bonds is 5. The number of nitrogens with zero attached hydrogens (tertiary/aromatic N) is 3. The predicted molar refractivity (Wildman–Crippen MR) is 115 cm³/mol. The van der Waals surface area contributed by atoms with Gasteiger partial charge in [-0.3, -0.25) is 4.79 Å². The molecule has 1 fully saturated rings. The first-order valence-electron chi connectivity index (χ1n) is 9.65. The zero-order chi connectivity index (χ0) is 19.5. The van der Waals surface area contributed by atoms with Gasteiger partial charge in [0, 0.05) is 29.5 Å². The molecule has 1 N–H and O–H groups in total. The molecule has 28 heavy (non-hydrogen) atoms. The summed E-state index contributed by atoms with van der Waals surface area (Å²) >= 11 is 7.91. The summed E-state index contributed by atoms with van der Waals surface area (Å²) in [5, 5.41) is 4.83. The Balaban J connectivity index is 1.46. The van der Waals surface area contributed by atoms with Crippen molar-refractivity contribution in [3.63, 3.8) is 0 Å². The first-order chi connectivity index (χ1) is 13.7. The van der Waals surface area contributed by atoms with E-state index < -0.39 is 0 Å². The number of thiophene rings is 1. The van der Waals surface area contributed by atoms with E-state index in [0.717, 1.165) is 47.4 Å². The van der Waals surface area contributed by atoms with E-state index in [1.165, 1.54) is 4.88 Å². The maximum absolute atomic E-state index is 12.8. The van der Waals surface area contributed by atoms with Crippen LogP contribution >= 0.6 is 22.9 Å². The van der Waals surface area contributed by atoms with E-state index in [2.05, 4.69) is 33.2 Å². The standard InChI is InChI=1S/C21H23ClN4OS/c1-2-16-10-17-19(24-13-25-21(17)28-16)26-9-5-7-15(12-26)20(27)23-11-14-6-3-4-8-18(14)22/h3-4,6,8,10,13,15H,2,5,7,9,11-12H2,1H3,(H,23,27). The number of benzene rings is 1. The Morgan fingerprint density at radius 2 is 2.21 bits per heavy atom. The van der Waals surface area contributed by atoms with Crippen molar-refractivity contribution in [3.05, 3.63) is 52.1 Å². The van der Waals surface area contributed by atoms with Crippen molar-refractivity contribution in [1.29, 1.82) is 0 Å². The second-order valence-corrected chi connectivity index (χ2v) is 8.60. The summed E-state index contributed by atoms with van der Waals surface area (Å²) in [6, 6.07) is 9.80. The third-order valence-electron chi connectivity index (χ3n) is 5.21. The number of piperidine rings is 1. The van der Waals surface area contributed by atoms with Crippen molar-refractivity contribution < 1.29 is 4.79 Å². The van der Waals surface area contributed by atoms with E-state index in [1.54, 1.807) is 17.7 Å². The summed E-state index contributed by atoms with van der Waals surface area (Å²) < 4.78 is 0. The van der Waals surface area contributed by atoms with Gasteiger partial charge < -0.3 is 10.2 Å². The van der Waals surface area contributed by atoms with Crippen molar-refractivity contribution in [2.45, 2.75) is 32.7 Å². The number of nitrogens with one attached hydrogen (secondary N) is 1. The number of carbonyl (C=O) groups is 1. The van der Waals surface area contributed by atoms with Crippen LogP contribution < -0.4 is 10.2 Å². The lowest BCUT2D eigenvalue weighted by molar-refractivity contribution is -0.125. The molecule has 0 bridgehead atoms. The first-order valence-corrected chi connectivity index (χ1v) is 10.8. The van der Waals surface area contributed by atoms with Crippen molar-refractivity contribution in [2.24, 2.45) is 5.92 Å². The lowest BCUT2D eigenvalue weighted by Gasteiger charge is -2.33. The molecular weight excluding hydrogens is 392 g/mol. The van der Waals surface area contributed by atoms with E-state index in [0.29, 0.717) is 18.1 Å². The largest absolute Gasteiger partial charge is 0.355 e. The summed E-state index contributed by atoms with van der Waals surface area (Å²) in [6.45, 7) is 4.20. The van der Waals surface area contributed by atoms with Gasteiger partial charge in [0.1, 0.15) is 17.0 Å². The van der Waals surface area contributed by atoms with Crippen LogP contribution in [0.4, 0.5) is 5.82 Å². The SMILES string of the molecule is CCc1cc2c(N3CCCC(C(=O)NCc4ccccc4Cl)C3)ncnc2s1. The van der Waals surface area contributed by atoms with Gasteiger partial charge in [0.15, 0.2) is 0 Å². The fraction of sp³-hybridized carbons (Fsp3) is 0.381. The lowest BCUT2D eigenvalue weighted by Crippen LogP contribution is -2.43. The molecule has 3 aromatic rings. The molecule has 5 nitrogen and oxygen atoms in total. The van der Waals surface area contributed by atoms with Crippen molar-refractivity contribution in [3.8, 4) is 0 Å². The van der Waals surface area contributed by atoms with Gasteiger partial charge in [-0.05, 0) is 37.0 Å². The highest BCUT2D eigenvalue weighted by molar-refractivity contribution is 7.18. The molecule has 146 valence electrons. The maximum atomic E-state index is 12.8. The zero-order valence-corrected chi connectivity index (χ0v) is 17.4. The normalized spacial score (nSPS) is 17.1. The maximum Gasteiger partial charge on any atom is 0.225 e. The molecule has 1 aromatic carbocycles. The number of halogens is 1. The quantitative estimate of drug-likeness (QED) is 0.670. The molecule has 1 unspecified atom stereocenters. The average molecular weight is 415 g/mol. The fourth-order valence-electron chi connectivity index (χ4n) is 3.67. The topological polar surface area (TPSA) is 58.1 Å². The first kappa shape index (κ1) is 19.2. The van der Waals surface area contributed by atoms with Crippen LogP contribution in [0.1, 0.15) is 30.2 Å². The summed E-state index contributed by atoms with van der Waals surface area (Å²) in [7, 11) is 0. The minimum absolute atomic E-state index is 0.0504. The second-order valence-electron chi connectivity index (χ2n) is 7.08. The molecular formula is C21H23ClN4OS. The van der Waals surface area contributed by atoms with Crippen LogP contribution in [0, 0.1) is 5.92 Å². The van der Waals surface area contributed by atoms with Crippen LogP contribution in [0.5, 0.6) is 0 Å². The number of carbonyl (C=O) groups excluding carboxylic acids is 1. The van der Waals surface area contributed by atoms with E-state index in [-0.39, 0.29) is 11.8 Å². The highest BCUT2D eigenvalue weighted by atomic mass is 35.5. The summed E-state index contributed by atoms with van der Waals surface area (Å²) in [6.07, 6.45) is 4.49. The molecule has 2 aromatic heterocycles. The van der Waals surface area contributed by atoms with Crippen LogP contribution in [0.25, 0.3) is 10.2 Å². The van der Waals surface area contributed by atoms with Crippen LogP contribution in [0.3, 0.4) is 0 Å². The van der Waals surface area contributed by atoms with Crippen LogP contribution in [-0.4, -0.2) is 29.0 Å². The van der Waals surface area contributed by atoms with E-state index >= 15 is 0 Å². The second kappa shape index (κ2) is 8.45. The Labute approximate surface area is 173 Å².